The third-order valence-corrected chi connectivity index (χ3v) is 0.424. The number of nitrogens with zero attached hydrogens (tertiary/aromatic N) is 2. The molecule has 3 heteroatoms. The van der Waals surface area contributed by atoms with Crippen molar-refractivity contribution in [1.29, 1.82) is 0 Å². The minimum Gasteiger partial charge on any atom is -0.362 e. The average Bonchev–Trinajstić information content (AvgIpc) is 1.86. The van der Waals surface area contributed by atoms with Crippen LogP contribution >= 0.6 is 0 Å². The van der Waals surface area contributed by atoms with E-state index in [4.69, 9.17) is 5.73 Å². The van der Waals surface area contributed by atoms with Crippen LogP contribution in [0.5, 0.6) is 0 Å². The molecule has 0 aliphatic heterocycles. The van der Waals surface area contributed by atoms with Crippen LogP contribution in [-0.4, -0.2) is 5.16 Å². The van der Waals surface area contributed by atoms with Gasteiger partial charge in [0, 0.05) is 6.07 Å². The number of aromatic nitrogens is 1. The fourth-order valence-corrected chi connectivity index (χ4v) is 0.206. The van der Waals surface area contributed by atoms with E-state index in [-0.39, 0.29) is 5.82 Å². The predicted molar refractivity (Wildman–Crippen MR) is 18.3 cm³/mol. The van der Waals surface area contributed by atoms with E-state index < -0.39 is 0 Å². The molecule has 0 amide bonds. The minimum absolute atomic E-state index is 0.0741. The summed E-state index contributed by atoms with van der Waals surface area (Å²) in [6, 6.07) is 1.36. The molecule has 0 aliphatic rings. The normalized spacial score (nSPS) is 8.67. The number of rotatable bonds is 0. The summed E-state index contributed by atoms with van der Waals surface area (Å²) in [7, 11) is 0. The molecule has 0 N–H and O–H groups in total. The van der Waals surface area contributed by atoms with Gasteiger partial charge in [0.05, 0.1) is 0 Å². The molecule has 6 heavy (non-hydrogen) atoms. The van der Waals surface area contributed by atoms with Crippen LogP contribution < -0.4 is 5.73 Å². The second-order valence-electron chi connectivity index (χ2n) is 0.858. The van der Waals surface area contributed by atoms with Crippen LogP contribution in [0.2, 0.25) is 0 Å². The molecule has 0 saturated heterocycles. The minimum atomic E-state index is -0.0741. The van der Waals surface area contributed by atoms with Crippen molar-refractivity contribution in [3.05, 3.63) is 12.3 Å². The highest BCUT2D eigenvalue weighted by atomic mass is 16.5. The van der Waals surface area contributed by atoms with Gasteiger partial charge in [-0.3, -0.25) is 0 Å². The van der Waals surface area contributed by atoms with Crippen LogP contribution in [0, 0.1) is 0 Å². The lowest BCUT2D eigenvalue weighted by Gasteiger charge is -1.58. The van der Waals surface area contributed by atoms with Gasteiger partial charge >= 0.3 is 0 Å². The van der Waals surface area contributed by atoms with Gasteiger partial charge in [-0.25, -0.2) is 0 Å². The monoisotopic (exact) mass is 82.0 g/mol. The first-order valence-corrected chi connectivity index (χ1v) is 1.49. The van der Waals surface area contributed by atoms with E-state index in [0.717, 1.165) is 0 Å². The maximum atomic E-state index is 8.27. The maximum Gasteiger partial charge on any atom is 0.216 e. The molecule has 0 spiro atoms. The molecule has 0 bridgehead atoms. The van der Waals surface area contributed by atoms with Crippen molar-refractivity contribution in [3.8, 4) is 0 Å². The Bertz CT molecular complexity index is 112. The molecule has 0 aromatic carbocycles. The van der Waals surface area contributed by atoms with Gasteiger partial charge in [0.15, 0.2) is 0 Å². The van der Waals surface area contributed by atoms with Crippen LogP contribution in [0.15, 0.2) is 16.9 Å². The highest BCUT2D eigenvalue weighted by molar-refractivity contribution is 5.15. The molecule has 1 rings (SSSR count). The summed E-state index contributed by atoms with van der Waals surface area (Å²) >= 11 is 0. The molecule has 1 heterocycles. The zero-order chi connectivity index (χ0) is 4.41. The molecule has 30 valence electrons. The van der Waals surface area contributed by atoms with E-state index in [1.807, 2.05) is 0 Å². The number of hydrogen-bond acceptors (Lipinski definition) is 2. The van der Waals surface area contributed by atoms with Crippen LogP contribution in [0.3, 0.4) is 0 Å². The lowest BCUT2D eigenvalue weighted by molar-refractivity contribution is 0.421. The predicted octanol–water partition coefficient (Wildman–Crippen LogP) is 0.375. The summed E-state index contributed by atoms with van der Waals surface area (Å²) in [6.07, 6.45) is 1.30. The molecule has 3 nitrogen and oxygen atoms in total. The summed E-state index contributed by atoms with van der Waals surface area (Å²) in [5, 5.41) is 3.10. The van der Waals surface area contributed by atoms with Gasteiger partial charge < -0.3 is 4.52 Å². The number of hydrogen-bond donors (Lipinski definition) is 0. The smallest absolute Gasteiger partial charge is 0.216 e. The molecule has 0 unspecified atom stereocenters. The quantitative estimate of drug-likeness (QED) is 0.454. The zero-order valence-electron chi connectivity index (χ0n) is 2.96. The molecule has 0 aliphatic carbocycles. The highest BCUT2D eigenvalue weighted by Crippen LogP contribution is 1.93. The molecule has 1 aromatic heterocycles. The van der Waals surface area contributed by atoms with Crippen molar-refractivity contribution >= 4 is 5.82 Å². The summed E-state index contributed by atoms with van der Waals surface area (Å²) in [6.45, 7) is 0. The Labute approximate surface area is 34.7 Å². The largest absolute Gasteiger partial charge is 0.362 e. The van der Waals surface area contributed by atoms with Crippen molar-refractivity contribution in [3.63, 3.8) is 0 Å². The Hall–Kier alpha value is -0.990. The molecular weight excluding hydrogens is 80.0 g/mol. The summed E-state index contributed by atoms with van der Waals surface area (Å²) in [4.78, 5) is 0. The lowest BCUT2D eigenvalue weighted by atomic mass is 10.7. The van der Waals surface area contributed by atoms with E-state index in [9.17, 15) is 0 Å². The SMILES string of the molecule is [N]c1ccon1. The first-order chi connectivity index (χ1) is 2.89. The van der Waals surface area contributed by atoms with Gasteiger partial charge in [0.25, 0.3) is 0 Å². The fourth-order valence-electron chi connectivity index (χ4n) is 0.206. The fraction of sp³-hybridized carbons (Fsp3) is 0. The van der Waals surface area contributed by atoms with Gasteiger partial charge in [-0.15, -0.1) is 5.73 Å². The third-order valence-electron chi connectivity index (χ3n) is 0.424. The Morgan fingerprint density at radius 2 is 2.67 bits per heavy atom. The van der Waals surface area contributed by atoms with Crippen molar-refractivity contribution < 1.29 is 4.52 Å². The highest BCUT2D eigenvalue weighted by Gasteiger charge is 1.82. The second-order valence-corrected chi connectivity index (χ2v) is 0.858. The van der Waals surface area contributed by atoms with Gasteiger partial charge in [0.2, 0.25) is 5.82 Å². The average molecular weight is 82.1 g/mol. The van der Waals surface area contributed by atoms with Gasteiger partial charge in [-0.2, -0.15) is 0 Å². The van der Waals surface area contributed by atoms with Crippen molar-refractivity contribution in [2.45, 2.75) is 0 Å². The molecule has 2 radical (unpaired) electrons. The van der Waals surface area contributed by atoms with Crippen LogP contribution in [-0.2, 0) is 0 Å². The van der Waals surface area contributed by atoms with Gasteiger partial charge in [-0.1, -0.05) is 5.16 Å². The van der Waals surface area contributed by atoms with E-state index in [1.165, 1.54) is 12.3 Å². The molecule has 0 atom stereocenters. The van der Waals surface area contributed by atoms with Crippen molar-refractivity contribution in [2.75, 3.05) is 0 Å². The summed E-state index contributed by atoms with van der Waals surface area (Å²) < 4.78 is 4.21. The standard InChI is InChI=1S/C3H2N2O/c4-3-1-2-6-5-3/h1-2H. The summed E-state index contributed by atoms with van der Waals surface area (Å²) in [5.74, 6) is -0.0741. The topological polar surface area (TPSA) is 48.3 Å². The molecule has 0 saturated carbocycles. The first-order valence-electron chi connectivity index (χ1n) is 1.49. The van der Waals surface area contributed by atoms with Crippen LogP contribution in [0.4, 0.5) is 5.82 Å². The van der Waals surface area contributed by atoms with E-state index in [1.54, 1.807) is 0 Å². The Morgan fingerprint density at radius 1 is 1.83 bits per heavy atom. The Kier molecular flexibility index (Phi) is 0.538. The van der Waals surface area contributed by atoms with Crippen LogP contribution in [0.25, 0.3) is 0 Å². The third kappa shape index (κ3) is 0.337. The Morgan fingerprint density at radius 3 is 2.83 bits per heavy atom. The molecular formula is C3H2N2O. The zero-order valence-corrected chi connectivity index (χ0v) is 2.96. The van der Waals surface area contributed by atoms with Crippen molar-refractivity contribution in [1.82, 2.24) is 10.9 Å². The lowest BCUT2D eigenvalue weighted by Crippen LogP contribution is -1.58. The first kappa shape index (κ1) is 3.21. The molecule has 1 aromatic rings. The Balaban J connectivity index is 3.05. The van der Waals surface area contributed by atoms with Gasteiger partial charge in [-0.05, 0) is 0 Å². The van der Waals surface area contributed by atoms with E-state index in [2.05, 4.69) is 9.68 Å². The van der Waals surface area contributed by atoms with E-state index >= 15 is 0 Å². The van der Waals surface area contributed by atoms with Gasteiger partial charge in [0.1, 0.15) is 6.26 Å². The summed E-state index contributed by atoms with van der Waals surface area (Å²) in [5.41, 5.74) is 8.27. The van der Waals surface area contributed by atoms with Crippen LogP contribution in [0.1, 0.15) is 0 Å². The maximum absolute atomic E-state index is 8.27. The second kappa shape index (κ2) is 1.01. The molecule has 0 fully saturated rings. The van der Waals surface area contributed by atoms with Crippen molar-refractivity contribution in [2.24, 2.45) is 0 Å². The van der Waals surface area contributed by atoms with E-state index in [0.29, 0.717) is 0 Å².